The number of fused-ring (bicyclic) bond motifs is 2. The minimum absolute atomic E-state index is 0.106. The maximum atomic E-state index is 14.4. The van der Waals surface area contributed by atoms with Gasteiger partial charge in [0.25, 0.3) is 0 Å². The largest absolute Gasteiger partial charge is 0.273 e. The Morgan fingerprint density at radius 1 is 1.43 bits per heavy atom. The number of aromatic nitrogens is 2. The molecule has 2 aliphatic rings. The molecule has 1 saturated carbocycles. The lowest BCUT2D eigenvalue weighted by Gasteiger charge is -2.19. The lowest BCUT2D eigenvalue weighted by molar-refractivity contribution is -0.119. The quantitative estimate of drug-likeness (QED) is 0.666. The lowest BCUT2D eigenvalue weighted by atomic mass is 9.98. The molecule has 4 rings (SSSR count). The van der Waals surface area contributed by atoms with E-state index in [0.717, 1.165) is 3.57 Å². The molecule has 108 valence electrons. The molecule has 0 N–H and O–H groups in total. The summed E-state index contributed by atoms with van der Waals surface area (Å²) in [5.41, 5.74) is 0.277. The number of rotatable bonds is 1. The van der Waals surface area contributed by atoms with Gasteiger partial charge in [-0.05, 0) is 47.6 Å². The van der Waals surface area contributed by atoms with Gasteiger partial charge < -0.3 is 0 Å². The van der Waals surface area contributed by atoms with E-state index in [4.69, 9.17) is 11.6 Å². The van der Waals surface area contributed by atoms with Gasteiger partial charge in [-0.3, -0.25) is 14.4 Å². The Kier molecular flexibility index (Phi) is 2.70. The molecule has 7 heteroatoms. The number of anilines is 2. The monoisotopic (exact) mass is 417 g/mol. The highest BCUT2D eigenvalue weighted by Crippen LogP contribution is 2.61. The first-order chi connectivity index (χ1) is 9.97. The number of nitrogens with zero attached hydrogens (tertiary/aromatic N) is 3. The van der Waals surface area contributed by atoms with Gasteiger partial charge in [-0.25, -0.2) is 4.39 Å². The second-order valence-corrected chi connectivity index (χ2v) is 6.98. The minimum atomic E-state index is -0.637. The van der Waals surface area contributed by atoms with Gasteiger partial charge in [-0.15, -0.1) is 0 Å². The van der Waals surface area contributed by atoms with Crippen molar-refractivity contribution in [2.45, 2.75) is 18.3 Å². The van der Waals surface area contributed by atoms with Gasteiger partial charge in [-0.2, -0.15) is 5.10 Å². The molecule has 1 aromatic carbocycles. The van der Waals surface area contributed by atoms with Crippen molar-refractivity contribution in [3.05, 3.63) is 38.3 Å². The summed E-state index contributed by atoms with van der Waals surface area (Å²) < 4.78 is 16.8. The zero-order valence-corrected chi connectivity index (χ0v) is 13.9. The number of carbonyl (C=O) groups is 1. The Balaban J connectivity index is 2.05. The molecular formula is C14H10ClFIN3O. The van der Waals surface area contributed by atoms with Crippen LogP contribution in [0.3, 0.4) is 0 Å². The summed E-state index contributed by atoms with van der Waals surface area (Å²) in [7, 11) is 1.74. The molecule has 0 radical (unpaired) electrons. The zero-order chi connectivity index (χ0) is 14.9. The van der Waals surface area contributed by atoms with Crippen LogP contribution >= 0.6 is 34.2 Å². The Labute approximate surface area is 139 Å². The van der Waals surface area contributed by atoms with E-state index in [-0.39, 0.29) is 11.6 Å². The molecule has 1 aliphatic heterocycles. The minimum Gasteiger partial charge on any atom is -0.273 e. The maximum Gasteiger partial charge on any atom is 0.243 e. The number of hydrogen-bond donors (Lipinski definition) is 0. The van der Waals surface area contributed by atoms with E-state index in [1.165, 1.54) is 17.0 Å². The van der Waals surface area contributed by atoms with Crippen molar-refractivity contribution in [2.75, 3.05) is 4.90 Å². The molecule has 1 aromatic heterocycles. The third kappa shape index (κ3) is 1.60. The highest BCUT2D eigenvalue weighted by atomic mass is 127. The van der Waals surface area contributed by atoms with Crippen LogP contribution in [0, 0.1) is 9.39 Å². The fraction of sp³-hybridized carbons (Fsp3) is 0.286. The van der Waals surface area contributed by atoms with E-state index in [1.54, 1.807) is 17.9 Å². The van der Waals surface area contributed by atoms with Gasteiger partial charge >= 0.3 is 0 Å². The third-order valence-corrected chi connectivity index (χ3v) is 5.29. The highest BCUT2D eigenvalue weighted by molar-refractivity contribution is 14.1. The second-order valence-electron chi connectivity index (χ2n) is 5.42. The lowest BCUT2D eigenvalue weighted by Crippen LogP contribution is -2.30. The van der Waals surface area contributed by atoms with Crippen LogP contribution in [0.15, 0.2) is 18.3 Å². The molecule has 1 amide bonds. The number of aryl methyl sites for hydroxylation is 1. The maximum absolute atomic E-state index is 14.4. The van der Waals surface area contributed by atoms with E-state index in [0.29, 0.717) is 29.2 Å². The predicted molar refractivity (Wildman–Crippen MR) is 85.4 cm³/mol. The molecule has 4 nitrogen and oxygen atoms in total. The van der Waals surface area contributed by atoms with Gasteiger partial charge in [0.1, 0.15) is 5.82 Å². The highest BCUT2D eigenvalue weighted by Gasteiger charge is 2.62. The topological polar surface area (TPSA) is 38.1 Å². The zero-order valence-electron chi connectivity index (χ0n) is 11.0. The number of carbonyl (C=O) groups excluding carboxylic acids is 1. The molecule has 1 spiro atoms. The van der Waals surface area contributed by atoms with Gasteiger partial charge in [0.2, 0.25) is 5.91 Å². The van der Waals surface area contributed by atoms with Crippen molar-refractivity contribution in [1.29, 1.82) is 0 Å². The van der Waals surface area contributed by atoms with E-state index in [2.05, 4.69) is 27.7 Å². The van der Waals surface area contributed by atoms with Crippen molar-refractivity contribution < 1.29 is 9.18 Å². The van der Waals surface area contributed by atoms with E-state index in [9.17, 15) is 9.18 Å². The summed E-state index contributed by atoms with van der Waals surface area (Å²) in [6, 6.07) is 2.84. The predicted octanol–water partition coefficient (Wildman–Crippen LogP) is 3.53. The van der Waals surface area contributed by atoms with Crippen molar-refractivity contribution in [3.63, 3.8) is 0 Å². The van der Waals surface area contributed by atoms with Crippen molar-refractivity contribution in [2.24, 2.45) is 7.05 Å². The number of amides is 1. The molecule has 2 aromatic rings. The van der Waals surface area contributed by atoms with E-state index < -0.39 is 11.2 Å². The van der Waals surface area contributed by atoms with Gasteiger partial charge in [0.05, 0.1) is 20.9 Å². The molecule has 0 unspecified atom stereocenters. The summed E-state index contributed by atoms with van der Waals surface area (Å²) in [4.78, 5) is 14.4. The number of halogens is 3. The van der Waals surface area contributed by atoms with Gasteiger partial charge in [0, 0.05) is 17.6 Å². The summed E-state index contributed by atoms with van der Waals surface area (Å²) in [6.45, 7) is 0. The molecular weight excluding hydrogens is 408 g/mol. The molecule has 0 saturated heterocycles. The van der Waals surface area contributed by atoms with Crippen LogP contribution < -0.4 is 4.90 Å². The second kappa shape index (κ2) is 4.19. The molecule has 0 bridgehead atoms. The van der Waals surface area contributed by atoms with Crippen LogP contribution in [0.1, 0.15) is 18.4 Å². The Morgan fingerprint density at radius 3 is 2.71 bits per heavy atom. The summed E-state index contributed by atoms with van der Waals surface area (Å²) in [5, 5.41) is 4.60. The molecule has 1 aliphatic carbocycles. The number of hydrogen-bond acceptors (Lipinski definition) is 2. The van der Waals surface area contributed by atoms with Crippen LogP contribution in [-0.2, 0) is 17.3 Å². The van der Waals surface area contributed by atoms with Crippen LogP contribution in [-0.4, -0.2) is 15.7 Å². The normalized spacial score (nSPS) is 18.5. The molecule has 2 heterocycles. The van der Waals surface area contributed by atoms with Gasteiger partial charge in [-0.1, -0.05) is 11.6 Å². The van der Waals surface area contributed by atoms with Crippen LogP contribution in [0.25, 0.3) is 0 Å². The third-order valence-electron chi connectivity index (χ3n) is 4.22. The molecule has 1 fully saturated rings. The summed E-state index contributed by atoms with van der Waals surface area (Å²) >= 11 is 8.37. The Bertz CT molecular complexity index is 780. The van der Waals surface area contributed by atoms with Crippen molar-refractivity contribution >= 4 is 51.6 Å². The average molecular weight is 418 g/mol. The van der Waals surface area contributed by atoms with Crippen LogP contribution in [0.2, 0.25) is 5.02 Å². The Morgan fingerprint density at radius 2 is 2.14 bits per heavy atom. The first kappa shape index (κ1) is 13.5. The fourth-order valence-corrected chi connectivity index (χ4v) is 4.13. The van der Waals surface area contributed by atoms with Crippen LogP contribution in [0.4, 0.5) is 15.9 Å². The fourth-order valence-electron chi connectivity index (χ4n) is 3.08. The first-order valence-electron chi connectivity index (χ1n) is 6.48. The first-order valence-corrected chi connectivity index (χ1v) is 7.93. The molecule has 21 heavy (non-hydrogen) atoms. The van der Waals surface area contributed by atoms with Gasteiger partial charge in [0.15, 0.2) is 5.82 Å². The smallest absolute Gasteiger partial charge is 0.243 e. The van der Waals surface area contributed by atoms with E-state index >= 15 is 0 Å². The van der Waals surface area contributed by atoms with Crippen LogP contribution in [0.5, 0.6) is 0 Å². The SMILES string of the molecule is Cn1ncc(I)c1N1C(=O)C2(CC2)c2c(Cl)ccc(F)c21. The summed E-state index contributed by atoms with van der Waals surface area (Å²) in [5.74, 6) is 0.0568. The average Bonchev–Trinajstić information content (AvgIpc) is 3.12. The number of benzene rings is 1. The van der Waals surface area contributed by atoms with Crippen molar-refractivity contribution in [3.8, 4) is 0 Å². The van der Waals surface area contributed by atoms with E-state index in [1.807, 2.05) is 0 Å². The summed E-state index contributed by atoms with van der Waals surface area (Å²) in [6.07, 6.45) is 3.09. The molecule has 0 atom stereocenters. The van der Waals surface area contributed by atoms with Crippen molar-refractivity contribution in [1.82, 2.24) is 9.78 Å². The Hall–Kier alpha value is -1.15. The standard InChI is InChI=1S/C14H10ClFIN3O/c1-19-12(9(17)6-18-19)20-11-8(16)3-2-7(15)10(11)14(4-5-14)13(20)21/h2-3,6H,4-5H2,1H3.